The van der Waals surface area contributed by atoms with Gasteiger partial charge in [-0.1, -0.05) is 12.1 Å². The summed E-state index contributed by atoms with van der Waals surface area (Å²) >= 11 is 0. The van der Waals surface area contributed by atoms with Crippen molar-refractivity contribution in [2.45, 2.75) is 26.7 Å². The van der Waals surface area contributed by atoms with E-state index in [0.29, 0.717) is 28.9 Å². The standard InChI is InChI=1S/C21H22O6/c1-3-26-19(23)11-9-14-12-16(8-10-18(14)22)20(24)15-6-5-7-17(13-15)21(25)27-4-2/h5-8,10,12-13,22H,3-4,9,11H2,1-2H3. The lowest BCUT2D eigenvalue weighted by Gasteiger charge is -2.08. The fourth-order valence-corrected chi connectivity index (χ4v) is 2.57. The van der Waals surface area contributed by atoms with Crippen molar-refractivity contribution >= 4 is 17.7 Å². The zero-order valence-corrected chi connectivity index (χ0v) is 15.4. The molecule has 2 aromatic carbocycles. The van der Waals surface area contributed by atoms with Gasteiger partial charge in [-0.2, -0.15) is 0 Å². The first-order valence-electron chi connectivity index (χ1n) is 8.75. The first kappa shape index (κ1) is 20.2. The van der Waals surface area contributed by atoms with Crippen molar-refractivity contribution in [3.63, 3.8) is 0 Å². The first-order valence-corrected chi connectivity index (χ1v) is 8.75. The van der Waals surface area contributed by atoms with Crippen molar-refractivity contribution in [1.29, 1.82) is 0 Å². The molecular formula is C21H22O6. The second-order valence-corrected chi connectivity index (χ2v) is 5.78. The average molecular weight is 370 g/mol. The molecular weight excluding hydrogens is 348 g/mol. The van der Waals surface area contributed by atoms with Gasteiger partial charge in [0.25, 0.3) is 0 Å². The van der Waals surface area contributed by atoms with E-state index in [1.807, 2.05) is 0 Å². The summed E-state index contributed by atoms with van der Waals surface area (Å²) < 4.78 is 9.82. The highest BCUT2D eigenvalue weighted by Gasteiger charge is 2.15. The van der Waals surface area contributed by atoms with Gasteiger partial charge in [-0.15, -0.1) is 0 Å². The van der Waals surface area contributed by atoms with Crippen molar-refractivity contribution < 1.29 is 29.0 Å². The fraction of sp³-hybridized carbons (Fsp3) is 0.286. The van der Waals surface area contributed by atoms with Gasteiger partial charge in [0, 0.05) is 17.5 Å². The Bertz CT molecular complexity index is 840. The van der Waals surface area contributed by atoms with Crippen LogP contribution >= 0.6 is 0 Å². The molecule has 6 nitrogen and oxygen atoms in total. The van der Waals surface area contributed by atoms with Crippen LogP contribution in [0, 0.1) is 0 Å². The second kappa shape index (κ2) is 9.52. The van der Waals surface area contributed by atoms with Gasteiger partial charge in [0.05, 0.1) is 18.8 Å². The maximum absolute atomic E-state index is 12.8. The number of ether oxygens (including phenoxy) is 2. The summed E-state index contributed by atoms with van der Waals surface area (Å²) in [6.07, 6.45) is 0.367. The Kier molecular flexibility index (Phi) is 7.11. The number of rotatable bonds is 8. The maximum atomic E-state index is 12.8. The zero-order chi connectivity index (χ0) is 19.8. The van der Waals surface area contributed by atoms with E-state index in [2.05, 4.69) is 0 Å². The molecule has 27 heavy (non-hydrogen) atoms. The molecule has 0 amide bonds. The van der Waals surface area contributed by atoms with Crippen molar-refractivity contribution in [2.75, 3.05) is 13.2 Å². The van der Waals surface area contributed by atoms with Crippen LogP contribution in [0.3, 0.4) is 0 Å². The van der Waals surface area contributed by atoms with Gasteiger partial charge >= 0.3 is 11.9 Å². The normalized spacial score (nSPS) is 10.3. The van der Waals surface area contributed by atoms with Crippen molar-refractivity contribution in [1.82, 2.24) is 0 Å². The summed E-state index contributed by atoms with van der Waals surface area (Å²) in [5.74, 6) is -1.14. The van der Waals surface area contributed by atoms with Crippen LogP contribution in [0.5, 0.6) is 5.75 Å². The molecule has 142 valence electrons. The molecule has 6 heteroatoms. The van der Waals surface area contributed by atoms with Crippen LogP contribution in [0.25, 0.3) is 0 Å². The van der Waals surface area contributed by atoms with Crippen LogP contribution in [0.2, 0.25) is 0 Å². The largest absolute Gasteiger partial charge is 0.508 e. The van der Waals surface area contributed by atoms with E-state index in [9.17, 15) is 19.5 Å². The van der Waals surface area contributed by atoms with Gasteiger partial charge in [-0.25, -0.2) is 4.79 Å². The van der Waals surface area contributed by atoms with Crippen LogP contribution < -0.4 is 0 Å². The predicted molar refractivity (Wildman–Crippen MR) is 98.9 cm³/mol. The third kappa shape index (κ3) is 5.41. The van der Waals surface area contributed by atoms with E-state index in [1.165, 1.54) is 18.2 Å². The van der Waals surface area contributed by atoms with Gasteiger partial charge < -0.3 is 14.6 Å². The minimum absolute atomic E-state index is 0.0103. The lowest BCUT2D eigenvalue weighted by Crippen LogP contribution is -2.08. The van der Waals surface area contributed by atoms with E-state index in [4.69, 9.17) is 9.47 Å². The molecule has 0 fully saturated rings. The summed E-state index contributed by atoms with van der Waals surface area (Å²) in [5, 5.41) is 9.98. The molecule has 2 rings (SSSR count). The summed E-state index contributed by atoms with van der Waals surface area (Å²) in [7, 11) is 0. The molecule has 0 heterocycles. The predicted octanol–water partition coefficient (Wildman–Crippen LogP) is 3.30. The van der Waals surface area contributed by atoms with Crippen molar-refractivity contribution in [3.8, 4) is 5.75 Å². The number of phenols is 1. The molecule has 0 aliphatic rings. The molecule has 0 atom stereocenters. The van der Waals surface area contributed by atoms with Crippen molar-refractivity contribution in [3.05, 3.63) is 64.7 Å². The molecule has 1 N–H and O–H groups in total. The zero-order valence-electron chi connectivity index (χ0n) is 15.4. The second-order valence-electron chi connectivity index (χ2n) is 5.78. The maximum Gasteiger partial charge on any atom is 0.338 e. The highest BCUT2D eigenvalue weighted by molar-refractivity contribution is 6.10. The number of hydrogen-bond donors (Lipinski definition) is 1. The molecule has 0 aliphatic heterocycles. The summed E-state index contributed by atoms with van der Waals surface area (Å²) in [5.41, 5.74) is 1.47. The Morgan fingerprint density at radius 3 is 2.26 bits per heavy atom. The number of carbonyl (C=O) groups is 3. The van der Waals surface area contributed by atoms with Crippen LogP contribution in [-0.2, 0) is 20.7 Å². The molecule has 0 saturated heterocycles. The van der Waals surface area contributed by atoms with Gasteiger partial charge in [-0.05, 0) is 56.2 Å². The number of esters is 2. The lowest BCUT2D eigenvalue weighted by molar-refractivity contribution is -0.143. The number of benzene rings is 2. The topological polar surface area (TPSA) is 89.9 Å². The van der Waals surface area contributed by atoms with Crippen molar-refractivity contribution in [2.24, 2.45) is 0 Å². The fourth-order valence-electron chi connectivity index (χ4n) is 2.57. The average Bonchev–Trinajstić information content (AvgIpc) is 2.67. The van der Waals surface area contributed by atoms with E-state index in [-0.39, 0.29) is 37.0 Å². The van der Waals surface area contributed by atoms with Crippen LogP contribution in [0.1, 0.15) is 52.1 Å². The van der Waals surface area contributed by atoms with Gasteiger partial charge in [-0.3, -0.25) is 9.59 Å². The molecule has 0 saturated carbocycles. The highest BCUT2D eigenvalue weighted by Crippen LogP contribution is 2.22. The lowest BCUT2D eigenvalue weighted by atomic mass is 9.98. The Hall–Kier alpha value is -3.15. The SMILES string of the molecule is CCOC(=O)CCc1cc(C(=O)c2cccc(C(=O)OCC)c2)ccc1O. The number of phenolic OH excluding ortho intramolecular Hbond substituents is 1. The van der Waals surface area contributed by atoms with Crippen LogP contribution in [-0.4, -0.2) is 36.0 Å². The monoisotopic (exact) mass is 370 g/mol. The summed E-state index contributed by atoms with van der Waals surface area (Å²) in [4.78, 5) is 36.1. The van der Waals surface area contributed by atoms with Gasteiger partial charge in [0.15, 0.2) is 5.78 Å². The summed E-state index contributed by atoms with van der Waals surface area (Å²) in [6.45, 7) is 3.97. The quantitative estimate of drug-likeness (QED) is 0.566. The third-order valence-corrected chi connectivity index (χ3v) is 3.88. The number of ketones is 1. The minimum Gasteiger partial charge on any atom is -0.508 e. The Morgan fingerprint density at radius 1 is 0.889 bits per heavy atom. The Labute approximate surface area is 157 Å². The van der Waals surface area contributed by atoms with Crippen LogP contribution in [0.4, 0.5) is 0 Å². The van der Waals surface area contributed by atoms with E-state index in [0.717, 1.165) is 0 Å². The minimum atomic E-state index is -0.493. The molecule has 0 aliphatic carbocycles. The molecule has 0 radical (unpaired) electrons. The van der Waals surface area contributed by atoms with E-state index < -0.39 is 5.97 Å². The number of hydrogen-bond acceptors (Lipinski definition) is 6. The molecule has 0 unspecified atom stereocenters. The smallest absolute Gasteiger partial charge is 0.338 e. The molecule has 0 spiro atoms. The first-order chi connectivity index (χ1) is 13.0. The van der Waals surface area contributed by atoms with Crippen LogP contribution in [0.15, 0.2) is 42.5 Å². The highest BCUT2D eigenvalue weighted by atomic mass is 16.5. The van der Waals surface area contributed by atoms with E-state index in [1.54, 1.807) is 38.1 Å². The Balaban J connectivity index is 2.21. The number of carbonyl (C=O) groups excluding carboxylic acids is 3. The Morgan fingerprint density at radius 2 is 1.56 bits per heavy atom. The molecule has 0 aromatic heterocycles. The number of aromatic hydroxyl groups is 1. The molecule has 0 bridgehead atoms. The van der Waals surface area contributed by atoms with E-state index >= 15 is 0 Å². The third-order valence-electron chi connectivity index (χ3n) is 3.88. The van der Waals surface area contributed by atoms with Gasteiger partial charge in [0.2, 0.25) is 0 Å². The number of aryl methyl sites for hydroxylation is 1. The molecule has 2 aromatic rings. The summed E-state index contributed by atoms with van der Waals surface area (Å²) in [6, 6.07) is 10.7. The van der Waals surface area contributed by atoms with Gasteiger partial charge in [0.1, 0.15) is 5.75 Å².